The summed E-state index contributed by atoms with van der Waals surface area (Å²) in [6.07, 6.45) is 3.03. The molecule has 0 aliphatic carbocycles. The van der Waals surface area contributed by atoms with Crippen molar-refractivity contribution >= 4 is 11.8 Å². The Morgan fingerprint density at radius 1 is 1.21 bits per heavy atom. The Labute approximate surface area is 145 Å². The molecule has 1 aliphatic rings. The van der Waals surface area contributed by atoms with E-state index in [4.69, 9.17) is 11.5 Å². The van der Waals surface area contributed by atoms with Crippen LogP contribution in [0.2, 0.25) is 0 Å². The number of rotatable bonds is 9. The molecule has 1 aliphatic heterocycles. The number of carbonyl (C=O) groups is 2. The van der Waals surface area contributed by atoms with Crippen molar-refractivity contribution in [1.82, 2.24) is 10.2 Å². The predicted octanol–water partition coefficient (Wildman–Crippen LogP) is 0.0994. The van der Waals surface area contributed by atoms with Gasteiger partial charge < -0.3 is 21.9 Å². The molecular weight excluding hydrogens is 308 g/mol. The van der Waals surface area contributed by atoms with Crippen molar-refractivity contribution in [2.45, 2.75) is 83.0 Å². The number of hydrogen-bond donors (Lipinski definition) is 4. The maximum atomic E-state index is 11.7. The van der Waals surface area contributed by atoms with Crippen molar-refractivity contribution in [1.29, 1.82) is 0 Å². The monoisotopic (exact) mass is 342 g/mol. The molecule has 0 aromatic rings. The Morgan fingerprint density at radius 2 is 1.75 bits per heavy atom. The first kappa shape index (κ1) is 20.9. The van der Waals surface area contributed by atoms with Gasteiger partial charge in [-0.2, -0.15) is 0 Å². The van der Waals surface area contributed by atoms with Crippen molar-refractivity contribution in [3.05, 3.63) is 0 Å². The molecule has 2 amide bonds. The molecule has 1 saturated heterocycles. The van der Waals surface area contributed by atoms with Crippen LogP contribution in [0.15, 0.2) is 0 Å². The van der Waals surface area contributed by atoms with Crippen LogP contribution in [0, 0.1) is 0 Å². The molecule has 0 aromatic carbocycles. The van der Waals surface area contributed by atoms with Gasteiger partial charge >= 0.3 is 0 Å². The Kier molecular flexibility index (Phi) is 7.19. The minimum atomic E-state index is -0.453. The second-order valence-electron chi connectivity index (χ2n) is 8.09. The number of nitrogens with zero attached hydrogens (tertiary/aromatic N) is 1. The normalized spacial score (nSPS) is 22.2. The molecule has 6 N–H and O–H groups in total. The quantitative estimate of drug-likeness (QED) is 0.473. The zero-order valence-electron chi connectivity index (χ0n) is 15.5. The first-order chi connectivity index (χ1) is 11.0. The van der Waals surface area contributed by atoms with E-state index in [1.54, 1.807) is 0 Å². The third-order valence-electron chi connectivity index (χ3n) is 4.97. The fraction of sp³-hybridized carbons (Fsp3) is 0.882. The van der Waals surface area contributed by atoms with E-state index < -0.39 is 11.9 Å². The van der Waals surface area contributed by atoms with E-state index in [-0.39, 0.29) is 36.1 Å². The molecule has 0 aromatic heterocycles. The molecule has 0 bridgehead atoms. The summed E-state index contributed by atoms with van der Waals surface area (Å²) >= 11 is 0. The van der Waals surface area contributed by atoms with E-state index in [2.05, 4.69) is 37.9 Å². The van der Waals surface area contributed by atoms with Crippen molar-refractivity contribution in [3.63, 3.8) is 0 Å². The average molecular weight is 342 g/mol. The Bertz CT molecular complexity index is 433. The van der Waals surface area contributed by atoms with E-state index in [1.165, 1.54) is 0 Å². The van der Waals surface area contributed by atoms with Crippen LogP contribution in [0.3, 0.4) is 0 Å². The van der Waals surface area contributed by atoms with Gasteiger partial charge in [0.25, 0.3) is 0 Å². The molecule has 1 atom stereocenters. The van der Waals surface area contributed by atoms with Gasteiger partial charge in [-0.25, -0.2) is 0 Å². The van der Waals surface area contributed by atoms with Crippen molar-refractivity contribution in [2.75, 3.05) is 13.2 Å². The van der Waals surface area contributed by atoms with Crippen molar-refractivity contribution in [3.8, 4) is 0 Å². The first-order valence-corrected chi connectivity index (χ1v) is 8.72. The molecule has 1 rings (SSSR count). The van der Waals surface area contributed by atoms with Crippen molar-refractivity contribution in [2.24, 2.45) is 11.5 Å². The lowest BCUT2D eigenvalue weighted by Gasteiger charge is -2.55. The molecule has 24 heavy (non-hydrogen) atoms. The molecule has 0 saturated carbocycles. The third-order valence-corrected chi connectivity index (χ3v) is 4.97. The summed E-state index contributed by atoms with van der Waals surface area (Å²) in [5, 5.41) is 12.7. The van der Waals surface area contributed by atoms with E-state index in [1.807, 2.05) is 0 Å². The number of nitrogens with one attached hydrogen (secondary N) is 1. The minimum absolute atomic E-state index is 0.0996. The minimum Gasteiger partial charge on any atom is -0.395 e. The van der Waals surface area contributed by atoms with E-state index >= 15 is 0 Å². The number of aliphatic hydroxyl groups is 1. The fourth-order valence-electron chi connectivity index (χ4n) is 4.21. The van der Waals surface area contributed by atoms with Crippen LogP contribution in [0.5, 0.6) is 0 Å². The zero-order chi connectivity index (χ0) is 18.5. The van der Waals surface area contributed by atoms with Crippen molar-refractivity contribution < 1.29 is 14.7 Å². The van der Waals surface area contributed by atoms with Crippen LogP contribution < -0.4 is 16.8 Å². The average Bonchev–Trinajstić information content (AvgIpc) is 2.40. The predicted molar refractivity (Wildman–Crippen MR) is 94.1 cm³/mol. The molecule has 1 unspecified atom stereocenters. The molecule has 0 radical (unpaired) electrons. The SMILES string of the molecule is CC1(C)CC(NC(CCCC(N)=O)C(N)=O)CC(C)(C)N1CCO. The Hall–Kier alpha value is -1.18. The topological polar surface area (TPSA) is 122 Å². The van der Waals surface area contributed by atoms with Gasteiger partial charge in [0, 0.05) is 30.1 Å². The maximum absolute atomic E-state index is 11.7. The molecule has 1 heterocycles. The zero-order valence-corrected chi connectivity index (χ0v) is 15.5. The van der Waals surface area contributed by atoms with Gasteiger partial charge in [0.2, 0.25) is 11.8 Å². The van der Waals surface area contributed by atoms with Gasteiger partial charge in [0.1, 0.15) is 0 Å². The first-order valence-electron chi connectivity index (χ1n) is 8.72. The number of nitrogens with two attached hydrogens (primary N) is 2. The summed E-state index contributed by atoms with van der Waals surface area (Å²) in [6, 6.07) is -0.304. The van der Waals surface area contributed by atoms with E-state index in [9.17, 15) is 14.7 Å². The summed E-state index contributed by atoms with van der Waals surface area (Å²) in [6.45, 7) is 9.39. The van der Waals surface area contributed by atoms with Crippen LogP contribution in [-0.4, -0.2) is 58.1 Å². The molecule has 0 spiro atoms. The highest BCUT2D eigenvalue weighted by Gasteiger charge is 2.45. The summed E-state index contributed by atoms with van der Waals surface area (Å²) in [5.41, 5.74) is 10.5. The number of aliphatic hydroxyl groups excluding tert-OH is 1. The second kappa shape index (κ2) is 8.27. The van der Waals surface area contributed by atoms with Gasteiger partial charge in [0.05, 0.1) is 12.6 Å². The van der Waals surface area contributed by atoms with E-state index in [0.29, 0.717) is 19.4 Å². The smallest absolute Gasteiger partial charge is 0.234 e. The molecule has 7 heteroatoms. The second-order valence-corrected chi connectivity index (χ2v) is 8.09. The van der Waals surface area contributed by atoms with Crippen LogP contribution in [0.25, 0.3) is 0 Å². The van der Waals surface area contributed by atoms with Gasteiger partial charge in [-0.1, -0.05) is 0 Å². The third kappa shape index (κ3) is 5.72. The highest BCUT2D eigenvalue weighted by Crippen LogP contribution is 2.38. The summed E-state index contributed by atoms with van der Waals surface area (Å²) in [7, 11) is 0. The lowest BCUT2D eigenvalue weighted by Crippen LogP contribution is -2.65. The summed E-state index contributed by atoms with van der Waals surface area (Å²) in [5.74, 6) is -0.759. The molecule has 140 valence electrons. The Morgan fingerprint density at radius 3 is 2.17 bits per heavy atom. The molecule has 7 nitrogen and oxygen atoms in total. The number of carbonyl (C=O) groups excluding carboxylic acids is 2. The van der Waals surface area contributed by atoms with Crippen LogP contribution in [-0.2, 0) is 9.59 Å². The number of likely N-dealkylation sites (tertiary alicyclic amines) is 1. The fourth-order valence-corrected chi connectivity index (χ4v) is 4.21. The van der Waals surface area contributed by atoms with Gasteiger partial charge in [-0.05, 0) is 53.4 Å². The van der Waals surface area contributed by atoms with Crippen LogP contribution >= 0.6 is 0 Å². The number of β-amino-alcohol motifs (C(OH)–C–C–N with tert-alkyl or cyclic N) is 1. The Balaban J connectivity index is 2.75. The lowest BCUT2D eigenvalue weighted by molar-refractivity contribution is -0.122. The standard InChI is InChI=1S/C17H34N4O3/c1-16(2)10-12(11-17(3,4)21(16)8-9-22)20-13(15(19)24)6-5-7-14(18)23/h12-13,20,22H,5-11H2,1-4H3,(H2,18,23)(H2,19,24). The molecule has 1 fully saturated rings. The van der Waals surface area contributed by atoms with Gasteiger partial charge in [-0.15, -0.1) is 0 Å². The highest BCUT2D eigenvalue weighted by molar-refractivity contribution is 5.80. The van der Waals surface area contributed by atoms with E-state index in [0.717, 1.165) is 12.8 Å². The largest absolute Gasteiger partial charge is 0.395 e. The number of hydrogen-bond acceptors (Lipinski definition) is 5. The van der Waals surface area contributed by atoms with Crippen LogP contribution in [0.1, 0.15) is 59.8 Å². The van der Waals surface area contributed by atoms with Gasteiger partial charge in [0.15, 0.2) is 0 Å². The summed E-state index contributed by atoms with van der Waals surface area (Å²) < 4.78 is 0. The lowest BCUT2D eigenvalue weighted by atomic mass is 9.76. The number of primary amides is 2. The number of piperidine rings is 1. The maximum Gasteiger partial charge on any atom is 0.234 e. The molecular formula is C17H34N4O3. The van der Waals surface area contributed by atoms with Gasteiger partial charge in [-0.3, -0.25) is 14.5 Å². The van der Waals surface area contributed by atoms with Crippen LogP contribution in [0.4, 0.5) is 0 Å². The highest BCUT2D eigenvalue weighted by atomic mass is 16.3. The summed E-state index contributed by atoms with van der Waals surface area (Å²) in [4.78, 5) is 24.9. The number of amides is 2.